The number of rotatable bonds is 9. The topological polar surface area (TPSA) is 177 Å². The summed E-state index contributed by atoms with van der Waals surface area (Å²) in [6.07, 6.45) is 7.63. The largest absolute Gasteiger partial charge is 0.508 e. The fraction of sp³-hybridized carbons (Fsp3) is 0.406. The van der Waals surface area contributed by atoms with Gasteiger partial charge in [0.05, 0.1) is 11.6 Å². The van der Waals surface area contributed by atoms with Gasteiger partial charge in [0.2, 0.25) is 5.78 Å². The normalized spacial score (nSPS) is 25.7. The van der Waals surface area contributed by atoms with Crippen molar-refractivity contribution in [3.05, 3.63) is 76.1 Å². The quantitative estimate of drug-likeness (QED) is 0.183. The number of hydrogen-bond acceptors (Lipinski definition) is 10. The van der Waals surface area contributed by atoms with Crippen molar-refractivity contribution in [3.8, 4) is 5.75 Å². The third-order valence-corrected chi connectivity index (χ3v) is 8.62. The standard InChI is InChI=1S/C32H40N4O7/c1-7-9-16(10-8-2)14-34-15-18-13-21(35(3)4)19-11-17-12-20-25(36(5)6)28(39)24(31(33)42)30(41)32(20,43)29(40)22(17)27(38)23(19)26(18)37/h7-10,13,17,20,25,34,37-38,41,43H,1,11-12,14-15H2,2-6H3,(H2,33,42)/b10-8-,16-9+/t17-,20-,25-,32-/m0/s1. The smallest absolute Gasteiger partial charge is 0.255 e. The Morgan fingerprint density at radius 1 is 1.21 bits per heavy atom. The summed E-state index contributed by atoms with van der Waals surface area (Å²) in [5, 5.41) is 49.2. The monoisotopic (exact) mass is 592 g/mol. The highest BCUT2D eigenvalue weighted by molar-refractivity contribution is 6.24. The second-order valence-corrected chi connectivity index (χ2v) is 11.7. The molecule has 3 aliphatic rings. The molecule has 0 saturated heterocycles. The van der Waals surface area contributed by atoms with Gasteiger partial charge < -0.3 is 36.4 Å². The van der Waals surface area contributed by atoms with E-state index in [-0.39, 0.29) is 36.3 Å². The molecule has 4 rings (SSSR count). The number of benzene rings is 1. The molecule has 4 atom stereocenters. The number of phenols is 1. The van der Waals surface area contributed by atoms with Crippen molar-refractivity contribution in [3.63, 3.8) is 0 Å². The number of fused-ring (bicyclic) bond motifs is 3. The van der Waals surface area contributed by atoms with Crippen LogP contribution >= 0.6 is 0 Å². The number of allylic oxidation sites excluding steroid dienone is 3. The van der Waals surface area contributed by atoms with E-state index in [2.05, 4.69) is 11.9 Å². The fourth-order valence-corrected chi connectivity index (χ4v) is 6.76. The van der Waals surface area contributed by atoms with E-state index < -0.39 is 58.0 Å². The molecule has 0 spiro atoms. The highest BCUT2D eigenvalue weighted by Crippen LogP contribution is 2.54. The number of likely N-dealkylation sites (N-methyl/N-ethyl adjacent to an activating group) is 1. The Hall–Kier alpha value is -4.19. The molecular weight excluding hydrogens is 552 g/mol. The molecule has 1 fully saturated rings. The van der Waals surface area contributed by atoms with Gasteiger partial charge >= 0.3 is 0 Å². The van der Waals surface area contributed by atoms with Crippen LogP contribution in [-0.2, 0) is 27.3 Å². The summed E-state index contributed by atoms with van der Waals surface area (Å²) in [5.74, 6) is -6.69. The van der Waals surface area contributed by atoms with E-state index in [1.165, 1.54) is 4.90 Å². The van der Waals surface area contributed by atoms with Gasteiger partial charge in [0.25, 0.3) is 5.91 Å². The van der Waals surface area contributed by atoms with Crippen molar-refractivity contribution < 1.29 is 34.8 Å². The van der Waals surface area contributed by atoms with Gasteiger partial charge in [-0.15, -0.1) is 0 Å². The van der Waals surface area contributed by atoms with Crippen molar-refractivity contribution >= 4 is 28.9 Å². The second-order valence-electron chi connectivity index (χ2n) is 11.7. The Morgan fingerprint density at radius 2 is 1.88 bits per heavy atom. The first-order valence-electron chi connectivity index (χ1n) is 14.1. The van der Waals surface area contributed by atoms with Crippen molar-refractivity contribution in [2.24, 2.45) is 17.6 Å². The Balaban J connectivity index is 1.86. The van der Waals surface area contributed by atoms with Crippen LogP contribution in [0, 0.1) is 11.8 Å². The number of primary amides is 1. The first kappa shape index (κ1) is 31.7. The first-order chi connectivity index (χ1) is 20.2. The van der Waals surface area contributed by atoms with Crippen LogP contribution in [0.4, 0.5) is 5.69 Å². The maximum absolute atomic E-state index is 14.1. The van der Waals surface area contributed by atoms with Crippen LogP contribution in [0.15, 0.2) is 59.4 Å². The van der Waals surface area contributed by atoms with Gasteiger partial charge in [-0.05, 0) is 57.0 Å². The highest BCUT2D eigenvalue weighted by atomic mass is 16.3. The lowest BCUT2D eigenvalue weighted by molar-refractivity contribution is -0.153. The zero-order valence-electron chi connectivity index (χ0n) is 25.1. The number of amides is 1. The first-order valence-corrected chi connectivity index (χ1v) is 14.1. The minimum Gasteiger partial charge on any atom is -0.508 e. The molecule has 1 aromatic rings. The molecule has 7 N–H and O–H groups in total. The van der Waals surface area contributed by atoms with E-state index in [0.29, 0.717) is 17.7 Å². The number of aromatic hydroxyl groups is 1. The number of carbonyl (C=O) groups is 3. The summed E-state index contributed by atoms with van der Waals surface area (Å²) in [4.78, 5) is 42.9. The Bertz CT molecular complexity index is 1520. The van der Waals surface area contributed by atoms with Gasteiger partial charge in [0.15, 0.2) is 11.4 Å². The van der Waals surface area contributed by atoms with Crippen LogP contribution in [-0.4, -0.2) is 89.2 Å². The minimum atomic E-state index is -2.68. The molecule has 0 unspecified atom stereocenters. The van der Waals surface area contributed by atoms with Crippen LogP contribution < -0.4 is 16.0 Å². The molecule has 230 valence electrons. The summed E-state index contributed by atoms with van der Waals surface area (Å²) in [6, 6.07) is 0.697. The summed E-state index contributed by atoms with van der Waals surface area (Å²) in [5.41, 5.74) is 4.54. The molecule has 11 heteroatoms. The molecule has 0 bridgehead atoms. The Kier molecular flexibility index (Phi) is 8.73. The Morgan fingerprint density at radius 3 is 2.44 bits per heavy atom. The molecule has 3 aliphatic carbocycles. The van der Waals surface area contributed by atoms with E-state index in [4.69, 9.17) is 5.73 Å². The lowest BCUT2D eigenvalue weighted by Crippen LogP contribution is -2.65. The van der Waals surface area contributed by atoms with Crippen molar-refractivity contribution in [2.75, 3.05) is 39.6 Å². The number of nitrogens with zero attached hydrogens (tertiary/aromatic N) is 2. The maximum atomic E-state index is 14.1. The van der Waals surface area contributed by atoms with Crippen LogP contribution in [0.2, 0.25) is 0 Å². The number of Topliss-reactive ketones (excluding diaryl/α,β-unsaturated/α-hetero) is 2. The van der Waals surface area contributed by atoms with Crippen LogP contribution in [0.3, 0.4) is 0 Å². The van der Waals surface area contributed by atoms with Crippen molar-refractivity contribution in [2.45, 2.75) is 38.0 Å². The molecule has 11 nitrogen and oxygen atoms in total. The third kappa shape index (κ3) is 5.07. The zero-order chi connectivity index (χ0) is 32.0. The lowest BCUT2D eigenvalue weighted by atomic mass is 9.57. The van der Waals surface area contributed by atoms with Gasteiger partial charge in [0, 0.05) is 49.9 Å². The van der Waals surface area contributed by atoms with Crippen LogP contribution in [0.1, 0.15) is 30.0 Å². The molecule has 0 aliphatic heterocycles. The number of anilines is 1. The molecule has 1 amide bonds. The van der Waals surface area contributed by atoms with Crippen LogP contribution in [0.5, 0.6) is 5.75 Å². The summed E-state index contributed by atoms with van der Waals surface area (Å²) >= 11 is 0. The number of aliphatic hydroxyl groups is 3. The van der Waals surface area contributed by atoms with Gasteiger partial charge in [-0.1, -0.05) is 30.9 Å². The summed E-state index contributed by atoms with van der Waals surface area (Å²) in [6.45, 7) is 6.34. The van der Waals surface area contributed by atoms with E-state index in [1.54, 1.807) is 20.2 Å². The maximum Gasteiger partial charge on any atom is 0.255 e. The fourth-order valence-electron chi connectivity index (χ4n) is 6.76. The zero-order valence-corrected chi connectivity index (χ0v) is 25.1. The van der Waals surface area contributed by atoms with E-state index in [9.17, 15) is 34.8 Å². The average molecular weight is 593 g/mol. The van der Waals surface area contributed by atoms with Crippen molar-refractivity contribution in [1.29, 1.82) is 0 Å². The highest BCUT2D eigenvalue weighted by Gasteiger charge is 2.64. The average Bonchev–Trinajstić information content (AvgIpc) is 2.91. The SMILES string of the molecule is C=C/C=C(\C=C/C)CNCc1cc(N(C)C)c2c(c1O)C(O)=C1C(=O)[C@]3(O)C(O)=C(C(N)=O)C(=O)[C@@H](N(C)C)[C@@H]3C[C@@H]1C2. The molecule has 0 radical (unpaired) electrons. The van der Waals surface area contributed by atoms with Crippen molar-refractivity contribution in [1.82, 2.24) is 10.2 Å². The molecular formula is C32H40N4O7. The molecule has 0 heterocycles. The number of nitrogens with two attached hydrogens (primary N) is 1. The number of ketones is 2. The Labute approximate surface area is 251 Å². The predicted molar refractivity (Wildman–Crippen MR) is 163 cm³/mol. The van der Waals surface area contributed by atoms with E-state index >= 15 is 0 Å². The summed E-state index contributed by atoms with van der Waals surface area (Å²) in [7, 11) is 6.80. The third-order valence-electron chi connectivity index (χ3n) is 8.62. The van der Waals surface area contributed by atoms with Crippen LogP contribution in [0.25, 0.3) is 5.76 Å². The second kappa shape index (κ2) is 11.8. The van der Waals surface area contributed by atoms with Gasteiger partial charge in [-0.2, -0.15) is 0 Å². The number of hydrogen-bond donors (Lipinski definition) is 6. The van der Waals surface area contributed by atoms with E-state index in [0.717, 1.165) is 11.3 Å². The number of carbonyl (C=O) groups excluding carboxylic acids is 3. The van der Waals surface area contributed by atoms with E-state index in [1.807, 2.05) is 50.2 Å². The predicted octanol–water partition coefficient (Wildman–Crippen LogP) is 1.81. The number of aliphatic hydroxyl groups excluding tert-OH is 2. The van der Waals surface area contributed by atoms with Gasteiger partial charge in [-0.3, -0.25) is 19.3 Å². The van der Waals surface area contributed by atoms with Gasteiger partial charge in [-0.25, -0.2) is 0 Å². The summed E-state index contributed by atoms with van der Waals surface area (Å²) < 4.78 is 0. The number of nitrogens with one attached hydrogen (secondary N) is 1. The molecule has 0 aromatic heterocycles. The lowest BCUT2D eigenvalue weighted by Gasteiger charge is -2.50. The molecule has 43 heavy (non-hydrogen) atoms. The molecule has 1 saturated carbocycles. The number of phenolic OH excluding ortho intramolecular Hbond substituents is 1. The molecule has 1 aromatic carbocycles. The minimum absolute atomic E-state index is 0.0338. The van der Waals surface area contributed by atoms with Gasteiger partial charge in [0.1, 0.15) is 22.8 Å².